The number of hydrogen-bond donors (Lipinski definition) is 1. The lowest BCUT2D eigenvalue weighted by molar-refractivity contribution is 0.0690. The number of hydrogen-bond acceptors (Lipinski definition) is 6. The minimum atomic E-state index is -1.17. The molecule has 0 spiro atoms. The smallest absolute Gasteiger partial charge is 0.354 e. The molecule has 0 unspecified atom stereocenters. The first kappa shape index (κ1) is 28.7. The maximum Gasteiger partial charge on any atom is 0.354 e. The minimum absolute atomic E-state index is 0.00945. The summed E-state index contributed by atoms with van der Waals surface area (Å²) in [5.74, 6) is -1.77. The highest BCUT2D eigenvalue weighted by Crippen LogP contribution is 2.40. The maximum absolute atomic E-state index is 15.6. The van der Waals surface area contributed by atoms with E-state index in [0.717, 1.165) is 17.7 Å². The van der Waals surface area contributed by atoms with Crippen molar-refractivity contribution in [1.82, 2.24) is 19.5 Å². The number of aromatic nitrogens is 4. The number of imidazole rings is 1. The van der Waals surface area contributed by atoms with Crippen LogP contribution in [0.4, 0.5) is 8.78 Å². The first-order chi connectivity index (χ1) is 20.6. The number of rotatable bonds is 8. The molecule has 3 aromatic heterocycles. The van der Waals surface area contributed by atoms with Crippen LogP contribution in [-0.2, 0) is 17.8 Å². The van der Waals surface area contributed by atoms with Crippen LogP contribution in [0, 0.1) is 17.0 Å². The predicted molar refractivity (Wildman–Crippen MR) is 156 cm³/mol. The Morgan fingerprint density at radius 1 is 1.07 bits per heavy atom. The van der Waals surface area contributed by atoms with Crippen molar-refractivity contribution in [3.63, 3.8) is 0 Å². The number of aromatic carboxylic acids is 1. The van der Waals surface area contributed by atoms with Crippen molar-refractivity contribution in [2.75, 3.05) is 13.2 Å². The highest BCUT2D eigenvalue weighted by atomic mass is 35.5. The van der Waals surface area contributed by atoms with E-state index in [0.29, 0.717) is 35.2 Å². The van der Waals surface area contributed by atoms with E-state index in [1.54, 1.807) is 36.4 Å². The number of pyridine rings is 2. The Kier molecular flexibility index (Phi) is 7.57. The summed E-state index contributed by atoms with van der Waals surface area (Å²) >= 11 is 5.93. The van der Waals surface area contributed by atoms with Crippen LogP contribution in [0.25, 0.3) is 22.4 Å². The van der Waals surface area contributed by atoms with Gasteiger partial charge in [0.25, 0.3) is 0 Å². The van der Waals surface area contributed by atoms with Gasteiger partial charge < -0.3 is 19.1 Å². The van der Waals surface area contributed by atoms with Crippen molar-refractivity contribution in [2.45, 2.75) is 32.9 Å². The van der Waals surface area contributed by atoms with E-state index in [4.69, 9.17) is 21.1 Å². The molecule has 0 bridgehead atoms. The van der Waals surface area contributed by atoms with Gasteiger partial charge in [0.1, 0.15) is 29.6 Å². The van der Waals surface area contributed by atoms with Gasteiger partial charge in [-0.3, -0.25) is 0 Å². The Morgan fingerprint density at radius 2 is 1.86 bits per heavy atom. The van der Waals surface area contributed by atoms with E-state index in [-0.39, 0.29) is 52.9 Å². The average Bonchev–Trinajstić information content (AvgIpc) is 3.51. The molecule has 1 aliphatic rings. The third-order valence-corrected chi connectivity index (χ3v) is 7.83. The fraction of sp³-hybridized carbons (Fsp3) is 0.250. The first-order valence-electron chi connectivity index (χ1n) is 13.6. The number of halogens is 3. The molecule has 1 atom stereocenters. The fourth-order valence-electron chi connectivity index (χ4n) is 5.24. The molecule has 0 saturated carbocycles. The molecule has 0 aliphatic carbocycles. The molecule has 1 N–H and O–H groups in total. The van der Waals surface area contributed by atoms with Gasteiger partial charge in [0.05, 0.1) is 24.9 Å². The van der Waals surface area contributed by atoms with Gasteiger partial charge >= 0.3 is 5.97 Å². The van der Waals surface area contributed by atoms with Crippen molar-refractivity contribution in [2.24, 2.45) is 5.41 Å². The highest BCUT2D eigenvalue weighted by Gasteiger charge is 2.39. The molecule has 1 fully saturated rings. The summed E-state index contributed by atoms with van der Waals surface area (Å²) in [6.07, 6.45) is -0.0496. The summed E-state index contributed by atoms with van der Waals surface area (Å²) < 4.78 is 44.4. The zero-order chi connectivity index (χ0) is 30.3. The normalized spacial score (nSPS) is 16.1. The molecule has 43 heavy (non-hydrogen) atoms. The molecule has 8 nitrogen and oxygen atoms in total. The van der Waals surface area contributed by atoms with E-state index in [2.05, 4.69) is 15.0 Å². The summed E-state index contributed by atoms with van der Waals surface area (Å²) in [7, 11) is 0. The van der Waals surface area contributed by atoms with Gasteiger partial charge in [-0.1, -0.05) is 43.6 Å². The average molecular weight is 605 g/mol. The van der Waals surface area contributed by atoms with E-state index in [9.17, 15) is 9.90 Å². The number of benzene rings is 2. The summed E-state index contributed by atoms with van der Waals surface area (Å²) in [5.41, 5.74) is 1.53. The molecule has 11 heteroatoms. The first-order valence-corrected chi connectivity index (χ1v) is 14.0. The molecular weight excluding hydrogens is 578 g/mol. The second-order valence-electron chi connectivity index (χ2n) is 11.1. The van der Waals surface area contributed by atoms with Gasteiger partial charge in [0.15, 0.2) is 11.3 Å². The molecule has 0 amide bonds. The van der Waals surface area contributed by atoms with Crippen LogP contribution in [0.1, 0.15) is 47.3 Å². The fourth-order valence-corrected chi connectivity index (χ4v) is 5.37. The van der Waals surface area contributed by atoms with Crippen molar-refractivity contribution in [3.05, 3.63) is 106 Å². The number of ether oxygens (including phenoxy) is 2. The largest absolute Gasteiger partial charge is 0.477 e. The Labute approximate surface area is 250 Å². The van der Waals surface area contributed by atoms with E-state index in [1.165, 1.54) is 6.07 Å². The summed E-state index contributed by atoms with van der Waals surface area (Å²) in [5, 5.41) is 10.1. The van der Waals surface area contributed by atoms with E-state index in [1.807, 2.05) is 30.5 Å². The Balaban J connectivity index is 1.32. The molecule has 220 valence electrons. The second-order valence-corrected chi connectivity index (χ2v) is 11.6. The zero-order valence-corrected chi connectivity index (χ0v) is 24.1. The van der Waals surface area contributed by atoms with Gasteiger partial charge in [-0.2, -0.15) is 0 Å². The van der Waals surface area contributed by atoms with Crippen molar-refractivity contribution < 1.29 is 28.2 Å². The van der Waals surface area contributed by atoms with Crippen molar-refractivity contribution >= 4 is 28.7 Å². The molecule has 5 aromatic rings. The van der Waals surface area contributed by atoms with Gasteiger partial charge in [0.2, 0.25) is 5.88 Å². The van der Waals surface area contributed by atoms with Crippen molar-refractivity contribution in [3.8, 4) is 17.1 Å². The van der Waals surface area contributed by atoms with E-state index >= 15 is 8.78 Å². The number of carboxylic acid groups (broad SMARTS) is 1. The van der Waals surface area contributed by atoms with Crippen LogP contribution in [0.15, 0.2) is 66.7 Å². The van der Waals surface area contributed by atoms with Crippen LogP contribution in [0.3, 0.4) is 0 Å². The maximum atomic E-state index is 15.6. The van der Waals surface area contributed by atoms with Crippen LogP contribution in [0.5, 0.6) is 5.88 Å². The number of carboxylic acids is 1. The van der Waals surface area contributed by atoms with Gasteiger partial charge in [-0.15, -0.1) is 0 Å². The third kappa shape index (κ3) is 5.80. The Morgan fingerprint density at radius 3 is 2.58 bits per heavy atom. The standard InChI is InChI=1S/C32H27ClF2N4O4/c1-32(2)17-42-16-27(32)39-28(36-25-10-11-26(31(40)41)38-30(25)39)13-19-12-23(35)21(14-22(19)34)24-4-3-5-29(37-24)43-15-18-6-8-20(33)9-7-18/h3-12,14,27H,13,15-17H2,1-2H3,(H,40,41)/t27-/m1/s1. The summed E-state index contributed by atoms with van der Waals surface area (Å²) in [6.45, 7) is 5.11. The van der Waals surface area contributed by atoms with Gasteiger partial charge in [-0.05, 0) is 53.6 Å². The Bertz CT molecular complexity index is 1840. The number of nitrogens with zero attached hydrogens (tertiary/aromatic N) is 4. The SMILES string of the molecule is CC1(C)COC[C@H]1n1c(Cc2cc(F)c(-c3cccc(OCc4ccc(Cl)cc4)n3)cc2F)nc2ccc(C(=O)O)nc21. The van der Waals surface area contributed by atoms with Crippen LogP contribution >= 0.6 is 11.6 Å². The topological polar surface area (TPSA) is 99.4 Å². The molecule has 0 radical (unpaired) electrons. The second kappa shape index (κ2) is 11.3. The van der Waals surface area contributed by atoms with Crippen LogP contribution in [0.2, 0.25) is 5.02 Å². The molecule has 6 rings (SSSR count). The molecular formula is C32H27ClF2N4O4. The third-order valence-electron chi connectivity index (χ3n) is 7.58. The molecule has 2 aromatic carbocycles. The number of fused-ring (bicyclic) bond motifs is 1. The molecule has 1 saturated heterocycles. The lowest BCUT2D eigenvalue weighted by atomic mass is 9.87. The lowest BCUT2D eigenvalue weighted by Crippen LogP contribution is -2.27. The minimum Gasteiger partial charge on any atom is -0.477 e. The monoisotopic (exact) mass is 604 g/mol. The lowest BCUT2D eigenvalue weighted by Gasteiger charge is -2.27. The van der Waals surface area contributed by atoms with Crippen LogP contribution < -0.4 is 4.74 Å². The van der Waals surface area contributed by atoms with Gasteiger partial charge in [-0.25, -0.2) is 28.5 Å². The molecule has 1 aliphatic heterocycles. The van der Waals surface area contributed by atoms with Crippen molar-refractivity contribution in [1.29, 1.82) is 0 Å². The predicted octanol–water partition coefficient (Wildman–Crippen LogP) is 6.89. The summed E-state index contributed by atoms with van der Waals surface area (Å²) in [6, 6.07) is 17.0. The van der Waals surface area contributed by atoms with Gasteiger partial charge in [0, 0.05) is 28.5 Å². The molecule has 4 heterocycles. The highest BCUT2D eigenvalue weighted by molar-refractivity contribution is 6.30. The van der Waals surface area contributed by atoms with Crippen LogP contribution in [-0.4, -0.2) is 43.8 Å². The Hall–Kier alpha value is -4.41. The quantitative estimate of drug-likeness (QED) is 0.206. The summed E-state index contributed by atoms with van der Waals surface area (Å²) in [4.78, 5) is 25.0. The zero-order valence-electron chi connectivity index (χ0n) is 23.4. The van der Waals surface area contributed by atoms with E-state index < -0.39 is 17.6 Å². The number of carbonyl (C=O) groups is 1.